The van der Waals surface area contributed by atoms with Gasteiger partial charge in [0.25, 0.3) is 5.91 Å². The molecule has 0 atom stereocenters. The van der Waals surface area contributed by atoms with E-state index in [4.69, 9.17) is 0 Å². The van der Waals surface area contributed by atoms with E-state index in [1.807, 2.05) is 45.3 Å². The van der Waals surface area contributed by atoms with Gasteiger partial charge in [-0.3, -0.25) is 4.79 Å². The maximum atomic E-state index is 12.2. The van der Waals surface area contributed by atoms with Gasteiger partial charge in [0.15, 0.2) is 5.82 Å². The molecule has 0 fully saturated rings. The van der Waals surface area contributed by atoms with E-state index in [1.54, 1.807) is 12.1 Å². The maximum absolute atomic E-state index is 12.2. The van der Waals surface area contributed by atoms with Crippen LogP contribution >= 0.6 is 0 Å². The van der Waals surface area contributed by atoms with E-state index in [9.17, 15) is 4.79 Å². The van der Waals surface area contributed by atoms with E-state index in [2.05, 4.69) is 25.7 Å². The lowest BCUT2D eigenvalue weighted by atomic mass is 10.1. The summed E-state index contributed by atoms with van der Waals surface area (Å²) in [5, 5.41) is 14.1. The van der Waals surface area contributed by atoms with Crippen LogP contribution in [-0.2, 0) is 0 Å². The van der Waals surface area contributed by atoms with Crippen LogP contribution in [0.15, 0.2) is 36.4 Å². The molecule has 6 heteroatoms. The first-order chi connectivity index (χ1) is 11.1. The monoisotopic (exact) mass is 313 g/mol. The molecule has 0 spiro atoms. The maximum Gasteiger partial charge on any atom is 0.257 e. The van der Waals surface area contributed by atoms with Crippen LogP contribution in [0.1, 0.15) is 22.3 Å². The number of benzene rings is 1. The number of hydrogen-bond donors (Lipinski definition) is 2. The Labute approximate surface area is 136 Å². The second kappa shape index (κ2) is 8.24. The van der Waals surface area contributed by atoms with E-state index in [-0.39, 0.29) is 5.91 Å². The molecule has 0 bridgehead atoms. The first kappa shape index (κ1) is 16.9. The Morgan fingerprint density at radius 1 is 1.09 bits per heavy atom. The summed E-state index contributed by atoms with van der Waals surface area (Å²) in [4.78, 5) is 14.3. The lowest BCUT2D eigenvalue weighted by Gasteiger charge is -2.10. The molecule has 0 unspecified atom stereocenters. The van der Waals surface area contributed by atoms with Crippen molar-refractivity contribution in [3.63, 3.8) is 0 Å². The number of aromatic nitrogens is 2. The molecule has 6 nitrogen and oxygen atoms in total. The first-order valence-electron chi connectivity index (χ1n) is 7.65. The molecule has 1 amide bonds. The van der Waals surface area contributed by atoms with E-state index in [1.165, 1.54) is 0 Å². The number of anilines is 2. The second-order valence-electron chi connectivity index (χ2n) is 5.66. The molecule has 0 saturated carbocycles. The number of carbonyl (C=O) groups excluding carboxylic acids is 1. The Balaban J connectivity index is 1.87. The van der Waals surface area contributed by atoms with E-state index < -0.39 is 0 Å². The van der Waals surface area contributed by atoms with Crippen LogP contribution in [0.25, 0.3) is 0 Å². The lowest BCUT2D eigenvalue weighted by molar-refractivity contribution is 0.102. The molecule has 122 valence electrons. The summed E-state index contributed by atoms with van der Waals surface area (Å²) in [6, 6.07) is 11.0. The van der Waals surface area contributed by atoms with Gasteiger partial charge in [-0.15, -0.1) is 10.2 Å². The highest BCUT2D eigenvalue weighted by molar-refractivity contribution is 6.04. The third-order valence-electron chi connectivity index (χ3n) is 3.38. The van der Waals surface area contributed by atoms with Crippen LogP contribution < -0.4 is 10.6 Å². The molecule has 1 aromatic heterocycles. The van der Waals surface area contributed by atoms with Crippen LogP contribution in [-0.4, -0.2) is 48.2 Å². The molecule has 2 N–H and O–H groups in total. The predicted octanol–water partition coefficient (Wildman–Crippen LogP) is 2.40. The van der Waals surface area contributed by atoms with Gasteiger partial charge in [0, 0.05) is 12.1 Å². The average Bonchev–Trinajstić information content (AvgIpc) is 2.53. The van der Waals surface area contributed by atoms with Gasteiger partial charge in [-0.05, 0) is 57.7 Å². The van der Waals surface area contributed by atoms with E-state index in [0.717, 1.165) is 25.1 Å². The Morgan fingerprint density at radius 3 is 2.43 bits per heavy atom. The smallest absolute Gasteiger partial charge is 0.257 e. The van der Waals surface area contributed by atoms with E-state index in [0.29, 0.717) is 17.2 Å². The molecule has 0 aliphatic carbocycles. The van der Waals surface area contributed by atoms with Gasteiger partial charge in [0.1, 0.15) is 5.82 Å². The van der Waals surface area contributed by atoms with Crippen molar-refractivity contribution < 1.29 is 4.79 Å². The molecule has 0 radical (unpaired) electrons. The first-order valence-corrected chi connectivity index (χ1v) is 7.65. The molecule has 0 aliphatic heterocycles. The molecule has 1 aromatic carbocycles. The normalized spacial score (nSPS) is 10.6. The van der Waals surface area contributed by atoms with Gasteiger partial charge in [-0.25, -0.2) is 0 Å². The summed E-state index contributed by atoms with van der Waals surface area (Å²) in [7, 11) is 4.09. The predicted molar refractivity (Wildman–Crippen MR) is 92.8 cm³/mol. The number of nitrogens with zero attached hydrogens (tertiary/aromatic N) is 3. The molecular formula is C17H23N5O. The molecule has 1 heterocycles. The standard InChI is InChI=1S/C17H23N5O/c1-13-7-4-5-8-14(13)17(23)19-16-10-9-15(20-21-16)18-11-6-12-22(2)3/h4-5,7-10H,6,11-12H2,1-3H3,(H,18,20)(H,19,21,23). The molecule has 2 aromatic rings. The van der Waals surface area contributed by atoms with Gasteiger partial charge in [-0.2, -0.15) is 0 Å². The topological polar surface area (TPSA) is 70.2 Å². The number of carbonyl (C=O) groups is 1. The number of amides is 1. The largest absolute Gasteiger partial charge is 0.369 e. The fourth-order valence-electron chi connectivity index (χ4n) is 2.12. The Morgan fingerprint density at radius 2 is 1.78 bits per heavy atom. The van der Waals surface area contributed by atoms with Crippen molar-refractivity contribution in [3.8, 4) is 0 Å². The van der Waals surface area contributed by atoms with Crippen LogP contribution in [0, 0.1) is 6.92 Å². The quantitative estimate of drug-likeness (QED) is 0.768. The minimum atomic E-state index is -0.177. The Hall–Kier alpha value is -2.47. The van der Waals surface area contributed by atoms with Crippen molar-refractivity contribution >= 4 is 17.5 Å². The SMILES string of the molecule is Cc1ccccc1C(=O)Nc1ccc(NCCCN(C)C)nn1. The molecule has 23 heavy (non-hydrogen) atoms. The second-order valence-corrected chi connectivity index (χ2v) is 5.66. The fourth-order valence-corrected chi connectivity index (χ4v) is 2.12. The summed E-state index contributed by atoms with van der Waals surface area (Å²) in [6.45, 7) is 3.76. The number of nitrogens with one attached hydrogen (secondary N) is 2. The van der Waals surface area contributed by atoms with Gasteiger partial charge < -0.3 is 15.5 Å². The third-order valence-corrected chi connectivity index (χ3v) is 3.38. The van der Waals surface area contributed by atoms with Crippen molar-refractivity contribution in [2.45, 2.75) is 13.3 Å². The lowest BCUT2D eigenvalue weighted by Crippen LogP contribution is -2.17. The van der Waals surface area contributed by atoms with Crippen molar-refractivity contribution in [1.82, 2.24) is 15.1 Å². The minimum absolute atomic E-state index is 0.177. The minimum Gasteiger partial charge on any atom is -0.369 e. The zero-order valence-electron chi connectivity index (χ0n) is 13.8. The van der Waals surface area contributed by atoms with Crippen molar-refractivity contribution in [2.75, 3.05) is 37.8 Å². The Bertz CT molecular complexity index is 640. The van der Waals surface area contributed by atoms with Gasteiger partial charge in [-0.1, -0.05) is 18.2 Å². The highest BCUT2D eigenvalue weighted by Gasteiger charge is 2.09. The third kappa shape index (κ3) is 5.34. The van der Waals surface area contributed by atoms with Gasteiger partial charge in [0.05, 0.1) is 0 Å². The van der Waals surface area contributed by atoms with Crippen molar-refractivity contribution in [2.24, 2.45) is 0 Å². The number of rotatable bonds is 7. The number of aryl methyl sites for hydroxylation is 1. The average molecular weight is 313 g/mol. The van der Waals surface area contributed by atoms with Gasteiger partial charge >= 0.3 is 0 Å². The number of hydrogen-bond acceptors (Lipinski definition) is 5. The molecular weight excluding hydrogens is 290 g/mol. The Kier molecular flexibility index (Phi) is 6.05. The van der Waals surface area contributed by atoms with Crippen LogP contribution in [0.2, 0.25) is 0 Å². The van der Waals surface area contributed by atoms with Crippen LogP contribution in [0.4, 0.5) is 11.6 Å². The summed E-state index contributed by atoms with van der Waals surface area (Å²) < 4.78 is 0. The van der Waals surface area contributed by atoms with Crippen molar-refractivity contribution in [1.29, 1.82) is 0 Å². The van der Waals surface area contributed by atoms with Gasteiger partial charge in [0.2, 0.25) is 0 Å². The van der Waals surface area contributed by atoms with E-state index >= 15 is 0 Å². The zero-order chi connectivity index (χ0) is 16.7. The summed E-state index contributed by atoms with van der Waals surface area (Å²) >= 11 is 0. The fraction of sp³-hybridized carbons (Fsp3) is 0.353. The van der Waals surface area contributed by atoms with Crippen LogP contribution in [0.5, 0.6) is 0 Å². The summed E-state index contributed by atoms with van der Waals surface area (Å²) in [6.07, 6.45) is 1.03. The van der Waals surface area contributed by atoms with Crippen molar-refractivity contribution in [3.05, 3.63) is 47.5 Å². The molecule has 0 saturated heterocycles. The highest BCUT2D eigenvalue weighted by Crippen LogP contribution is 2.11. The van der Waals surface area contributed by atoms with Crippen LogP contribution in [0.3, 0.4) is 0 Å². The molecule has 0 aliphatic rings. The summed E-state index contributed by atoms with van der Waals surface area (Å²) in [5.74, 6) is 0.971. The summed E-state index contributed by atoms with van der Waals surface area (Å²) in [5.41, 5.74) is 1.57. The molecule has 2 rings (SSSR count). The zero-order valence-corrected chi connectivity index (χ0v) is 13.8. The highest BCUT2D eigenvalue weighted by atomic mass is 16.1.